The van der Waals surface area contributed by atoms with Gasteiger partial charge in [0.15, 0.2) is 0 Å². The fraction of sp³-hybridized carbons (Fsp3) is 0.375. The monoisotopic (exact) mass is 226 g/mol. The van der Waals surface area contributed by atoms with Crippen molar-refractivity contribution in [3.63, 3.8) is 0 Å². The van der Waals surface area contributed by atoms with E-state index in [1.807, 2.05) is 11.6 Å². The van der Waals surface area contributed by atoms with Crippen LogP contribution in [0, 0.1) is 0 Å². The minimum atomic E-state index is 0.416. The number of hydrogen-bond acceptors (Lipinski definition) is 6. The highest BCUT2D eigenvalue weighted by atomic mass is 32.1. The third-order valence-corrected chi connectivity index (χ3v) is 3.42. The lowest BCUT2D eigenvalue weighted by Crippen LogP contribution is -2.09. The van der Waals surface area contributed by atoms with E-state index in [4.69, 9.17) is 0 Å². The minimum Gasteiger partial charge on any atom is -0.360 e. The first-order chi connectivity index (χ1) is 6.86. The van der Waals surface area contributed by atoms with Gasteiger partial charge in [-0.05, 0) is 0 Å². The number of rotatable bonds is 4. The molecule has 0 bridgehead atoms. The molecule has 74 valence electrons. The third kappa shape index (κ3) is 2.27. The number of aromatic nitrogens is 3. The topological polar surface area (TPSA) is 50.7 Å². The molecule has 1 unspecified atom stereocenters. The highest BCUT2D eigenvalue weighted by molar-refractivity contribution is 7.09. The summed E-state index contributed by atoms with van der Waals surface area (Å²) >= 11 is 3.06. The van der Waals surface area contributed by atoms with Crippen LogP contribution in [0.2, 0.25) is 0 Å². The van der Waals surface area contributed by atoms with E-state index in [-0.39, 0.29) is 0 Å². The van der Waals surface area contributed by atoms with Gasteiger partial charge in [-0.25, -0.2) is 9.97 Å². The predicted molar refractivity (Wildman–Crippen MR) is 58.9 cm³/mol. The summed E-state index contributed by atoms with van der Waals surface area (Å²) in [4.78, 5) is 8.31. The molecule has 2 rings (SSSR count). The van der Waals surface area contributed by atoms with Crippen LogP contribution < -0.4 is 5.32 Å². The fourth-order valence-electron chi connectivity index (χ4n) is 1.06. The molecule has 4 nitrogen and oxygen atoms in total. The zero-order chi connectivity index (χ0) is 9.80. The Morgan fingerprint density at radius 1 is 1.50 bits per heavy atom. The largest absolute Gasteiger partial charge is 0.360 e. The summed E-state index contributed by atoms with van der Waals surface area (Å²) < 4.78 is 3.92. The van der Waals surface area contributed by atoms with E-state index in [1.54, 1.807) is 17.7 Å². The normalized spacial score (nSPS) is 12.6. The van der Waals surface area contributed by atoms with Gasteiger partial charge in [0.1, 0.15) is 6.33 Å². The van der Waals surface area contributed by atoms with Crippen molar-refractivity contribution in [2.45, 2.75) is 12.8 Å². The van der Waals surface area contributed by atoms with Gasteiger partial charge < -0.3 is 5.32 Å². The maximum absolute atomic E-state index is 4.26. The van der Waals surface area contributed by atoms with Crippen molar-refractivity contribution in [3.05, 3.63) is 22.9 Å². The Morgan fingerprint density at radius 3 is 3.07 bits per heavy atom. The lowest BCUT2D eigenvalue weighted by atomic mass is 10.2. The smallest absolute Gasteiger partial charge is 0.202 e. The summed E-state index contributed by atoms with van der Waals surface area (Å²) in [5, 5.41) is 7.24. The van der Waals surface area contributed by atoms with E-state index in [1.165, 1.54) is 11.5 Å². The molecule has 0 radical (unpaired) electrons. The molecule has 0 spiro atoms. The van der Waals surface area contributed by atoms with Crippen LogP contribution in [-0.2, 0) is 0 Å². The second-order valence-corrected chi connectivity index (χ2v) is 4.60. The SMILES string of the molecule is CC(CNc1ncns1)c1nccs1. The average molecular weight is 226 g/mol. The van der Waals surface area contributed by atoms with Crippen molar-refractivity contribution in [2.24, 2.45) is 0 Å². The average Bonchev–Trinajstić information content (AvgIpc) is 2.87. The Balaban J connectivity index is 1.87. The van der Waals surface area contributed by atoms with Crippen LogP contribution in [0.25, 0.3) is 0 Å². The molecule has 2 aromatic rings. The maximum Gasteiger partial charge on any atom is 0.202 e. The van der Waals surface area contributed by atoms with Crippen LogP contribution in [0.1, 0.15) is 17.8 Å². The van der Waals surface area contributed by atoms with E-state index < -0.39 is 0 Å². The van der Waals surface area contributed by atoms with E-state index in [0.29, 0.717) is 5.92 Å². The molecule has 2 aromatic heterocycles. The van der Waals surface area contributed by atoms with Gasteiger partial charge in [-0.3, -0.25) is 0 Å². The predicted octanol–water partition coefficient (Wildman–Crippen LogP) is 2.21. The molecule has 0 aliphatic heterocycles. The molecule has 0 aliphatic carbocycles. The standard InChI is InChI=1S/C8H10N4S2/c1-6(7-9-2-3-13-7)4-10-8-11-5-12-14-8/h2-3,5-6H,4H2,1H3,(H,10,11,12). The van der Waals surface area contributed by atoms with Gasteiger partial charge in [-0.2, -0.15) is 4.37 Å². The molecule has 0 saturated carbocycles. The molecule has 0 fully saturated rings. The molecule has 0 saturated heterocycles. The zero-order valence-electron chi connectivity index (χ0n) is 7.67. The third-order valence-electron chi connectivity index (χ3n) is 1.79. The zero-order valence-corrected chi connectivity index (χ0v) is 9.31. The first kappa shape index (κ1) is 9.54. The number of thiazole rings is 1. The van der Waals surface area contributed by atoms with Gasteiger partial charge in [-0.15, -0.1) is 11.3 Å². The number of hydrogen-bond donors (Lipinski definition) is 1. The second kappa shape index (κ2) is 4.47. The Labute approximate surface area is 90.2 Å². The molecular formula is C8H10N4S2. The summed E-state index contributed by atoms with van der Waals surface area (Å²) in [6, 6.07) is 0. The maximum atomic E-state index is 4.26. The summed E-state index contributed by atoms with van der Waals surface area (Å²) in [5.74, 6) is 0.416. The first-order valence-electron chi connectivity index (χ1n) is 4.26. The van der Waals surface area contributed by atoms with Gasteiger partial charge in [0.2, 0.25) is 5.13 Å². The van der Waals surface area contributed by atoms with E-state index >= 15 is 0 Å². The van der Waals surface area contributed by atoms with Crippen LogP contribution in [-0.4, -0.2) is 20.9 Å². The number of nitrogens with one attached hydrogen (secondary N) is 1. The van der Waals surface area contributed by atoms with Gasteiger partial charge in [0.25, 0.3) is 0 Å². The lowest BCUT2D eigenvalue weighted by molar-refractivity contribution is 0.794. The first-order valence-corrected chi connectivity index (χ1v) is 5.91. The summed E-state index contributed by atoms with van der Waals surface area (Å²) in [6.45, 7) is 3.00. The van der Waals surface area contributed by atoms with E-state index in [2.05, 4.69) is 26.6 Å². The summed E-state index contributed by atoms with van der Waals surface area (Å²) in [6.07, 6.45) is 3.39. The van der Waals surface area contributed by atoms with Gasteiger partial charge in [-0.1, -0.05) is 6.92 Å². The summed E-state index contributed by atoms with van der Waals surface area (Å²) in [7, 11) is 0. The quantitative estimate of drug-likeness (QED) is 0.868. The van der Waals surface area contributed by atoms with Gasteiger partial charge >= 0.3 is 0 Å². The molecule has 2 heterocycles. The number of nitrogens with zero attached hydrogens (tertiary/aromatic N) is 3. The van der Waals surface area contributed by atoms with Crippen LogP contribution in [0.5, 0.6) is 0 Å². The Morgan fingerprint density at radius 2 is 2.43 bits per heavy atom. The van der Waals surface area contributed by atoms with Crippen LogP contribution >= 0.6 is 22.9 Å². The molecule has 6 heteroatoms. The lowest BCUT2D eigenvalue weighted by Gasteiger charge is -2.07. The fourth-order valence-corrected chi connectivity index (χ4v) is 2.19. The molecular weight excluding hydrogens is 216 g/mol. The van der Waals surface area contributed by atoms with Crippen molar-refractivity contribution in [2.75, 3.05) is 11.9 Å². The van der Waals surface area contributed by atoms with E-state index in [9.17, 15) is 0 Å². The molecule has 1 N–H and O–H groups in total. The van der Waals surface area contributed by atoms with Gasteiger partial charge in [0.05, 0.1) is 5.01 Å². The van der Waals surface area contributed by atoms with Crippen molar-refractivity contribution >= 4 is 28.0 Å². The minimum absolute atomic E-state index is 0.416. The Kier molecular flexibility index (Phi) is 3.05. The highest BCUT2D eigenvalue weighted by Gasteiger charge is 2.08. The van der Waals surface area contributed by atoms with Crippen LogP contribution in [0.3, 0.4) is 0 Å². The highest BCUT2D eigenvalue weighted by Crippen LogP contribution is 2.18. The van der Waals surface area contributed by atoms with Crippen molar-refractivity contribution in [1.29, 1.82) is 0 Å². The molecule has 0 aromatic carbocycles. The second-order valence-electron chi connectivity index (χ2n) is 2.90. The van der Waals surface area contributed by atoms with Crippen molar-refractivity contribution in [1.82, 2.24) is 14.3 Å². The van der Waals surface area contributed by atoms with Crippen molar-refractivity contribution < 1.29 is 0 Å². The van der Waals surface area contributed by atoms with Crippen LogP contribution in [0.4, 0.5) is 5.13 Å². The molecule has 14 heavy (non-hydrogen) atoms. The van der Waals surface area contributed by atoms with Gasteiger partial charge in [0, 0.05) is 35.6 Å². The molecule has 0 aliphatic rings. The molecule has 1 atom stereocenters. The van der Waals surface area contributed by atoms with E-state index in [0.717, 1.165) is 16.7 Å². The van der Waals surface area contributed by atoms with Crippen LogP contribution in [0.15, 0.2) is 17.9 Å². The van der Waals surface area contributed by atoms with Crippen molar-refractivity contribution in [3.8, 4) is 0 Å². The number of anilines is 1. The summed E-state index contributed by atoms with van der Waals surface area (Å²) in [5.41, 5.74) is 0. The Bertz CT molecular complexity index is 357. The Hall–Kier alpha value is -1.01. The molecule has 0 amide bonds.